The number of hydrogen-bond acceptors (Lipinski definition) is 13. The fourth-order valence-corrected chi connectivity index (χ4v) is 9.96. The molecule has 7 rings (SSSR count). The molecule has 1 unspecified atom stereocenters. The predicted molar refractivity (Wildman–Crippen MR) is 224 cm³/mol. The number of rotatable bonds is 10. The fraction of sp³-hybridized carbons (Fsp3) is 0.571. The number of carbonyl (C=O) groups is 4. The summed E-state index contributed by atoms with van der Waals surface area (Å²) in [4.78, 5) is 65.7. The molecule has 3 saturated carbocycles. The van der Waals surface area contributed by atoms with Crippen LogP contribution in [-0.4, -0.2) is 85.3 Å². The van der Waals surface area contributed by atoms with Crippen LogP contribution in [0.15, 0.2) is 41.8 Å². The first kappa shape index (κ1) is 42.4. The van der Waals surface area contributed by atoms with Crippen LogP contribution in [0.3, 0.4) is 0 Å². The molecular weight excluding hydrogens is 797 g/mol. The number of carbonyl (C=O) groups excluding carboxylic acids is 4. The summed E-state index contributed by atoms with van der Waals surface area (Å²) in [6.45, 7) is 4.06. The van der Waals surface area contributed by atoms with Crippen LogP contribution in [0.2, 0.25) is 0 Å². The number of sulfonamides is 1. The SMILES string of the molecule is COc1ccc2c(O[C@H]3CC4C(=O)[C@@H](NC(=O)OC5CCCC5)CCCCCC=C[C@@H]5C[C@@]5(C(=O)NS(C)(=O)=O)NC(=O)[C@@H]4C3)cc(-c3csc(NC(C)C)n3)nc2c1. The molecule has 17 heteroatoms. The van der Waals surface area contributed by atoms with Gasteiger partial charge in [-0.05, 0) is 90.2 Å². The molecular formula is C42H54N6O9S2. The van der Waals surface area contributed by atoms with E-state index in [9.17, 15) is 27.6 Å². The van der Waals surface area contributed by atoms with E-state index in [1.807, 2.05) is 37.4 Å². The van der Waals surface area contributed by atoms with Crippen molar-refractivity contribution in [1.29, 1.82) is 0 Å². The van der Waals surface area contributed by atoms with E-state index in [-0.39, 0.29) is 37.2 Å². The molecule has 1 aliphatic heterocycles. The Labute approximate surface area is 348 Å². The highest BCUT2D eigenvalue weighted by Gasteiger charge is 2.61. The van der Waals surface area contributed by atoms with E-state index in [0.29, 0.717) is 53.1 Å². The molecule has 3 aromatic rings. The van der Waals surface area contributed by atoms with E-state index in [1.165, 1.54) is 11.3 Å². The fourth-order valence-electron chi connectivity index (χ4n) is 8.59. The average Bonchev–Trinajstić information content (AvgIpc) is 3.61. The monoisotopic (exact) mass is 850 g/mol. The van der Waals surface area contributed by atoms with E-state index in [4.69, 9.17) is 24.2 Å². The number of alkyl carbamates (subject to hydrolysis) is 1. The first-order valence-corrected chi connectivity index (χ1v) is 23.4. The number of ketones is 1. The number of nitrogens with one attached hydrogen (secondary N) is 4. The predicted octanol–water partition coefficient (Wildman–Crippen LogP) is 6.04. The van der Waals surface area contributed by atoms with Crippen molar-refractivity contribution < 1.29 is 41.8 Å². The lowest BCUT2D eigenvalue weighted by atomic mass is 9.86. The first-order chi connectivity index (χ1) is 28.2. The Bertz CT molecular complexity index is 2200. The Hall–Kier alpha value is -4.77. The third-order valence-electron chi connectivity index (χ3n) is 11.7. The number of nitrogens with zero attached hydrogens (tertiary/aromatic N) is 2. The summed E-state index contributed by atoms with van der Waals surface area (Å²) in [7, 11) is -2.36. The number of pyridine rings is 1. The van der Waals surface area contributed by atoms with Gasteiger partial charge < -0.3 is 30.2 Å². The zero-order chi connectivity index (χ0) is 41.9. The van der Waals surface area contributed by atoms with Crippen LogP contribution >= 0.6 is 11.3 Å². The van der Waals surface area contributed by atoms with Gasteiger partial charge in [0.2, 0.25) is 15.9 Å². The van der Waals surface area contributed by atoms with Gasteiger partial charge in [0, 0.05) is 40.8 Å². The van der Waals surface area contributed by atoms with Crippen LogP contribution in [-0.2, 0) is 29.1 Å². The average molecular weight is 851 g/mol. The van der Waals surface area contributed by atoms with Gasteiger partial charge in [-0.25, -0.2) is 23.2 Å². The molecule has 3 aliphatic carbocycles. The Morgan fingerprint density at radius 2 is 1.73 bits per heavy atom. The number of aromatic nitrogens is 2. The van der Waals surface area contributed by atoms with Gasteiger partial charge in [-0.2, -0.15) is 0 Å². The number of ether oxygens (including phenoxy) is 3. The van der Waals surface area contributed by atoms with Crippen molar-refractivity contribution in [3.8, 4) is 22.9 Å². The summed E-state index contributed by atoms with van der Waals surface area (Å²) in [5.74, 6) is -2.91. The van der Waals surface area contributed by atoms with Gasteiger partial charge in [-0.3, -0.25) is 19.1 Å². The Morgan fingerprint density at radius 3 is 2.47 bits per heavy atom. The molecule has 3 heterocycles. The molecule has 59 heavy (non-hydrogen) atoms. The number of anilines is 1. The van der Waals surface area contributed by atoms with Crippen LogP contribution in [0.5, 0.6) is 11.5 Å². The third-order valence-corrected chi connectivity index (χ3v) is 13.0. The standard InChI is InChI=1S/C42H54N6O9S2/c1-24(2)43-40-45-35(23-58-40)34-21-36(29-17-16-27(55-3)20-33(29)44-34)56-28-18-30-31(19-28)38(50)47-42(39(51)48-59(4,53)54)22-25(42)12-8-6-5-7-9-15-32(37(30)49)46-41(52)57-26-13-10-11-14-26/h8,12,16-17,20-21,23-26,28,30-32H,5-7,9-11,13-15,18-19,22H2,1-4H3,(H,43,45)(H,46,52)(H,47,50)(H,48,51)/t25-,28+,30?,31-,32+,42-/m1/s1. The maximum atomic E-state index is 14.8. The lowest BCUT2D eigenvalue weighted by molar-refractivity contribution is -0.136. The topological polar surface area (TPSA) is 204 Å². The zero-order valence-electron chi connectivity index (χ0n) is 34.0. The van der Waals surface area contributed by atoms with Crippen molar-refractivity contribution in [2.45, 2.75) is 121 Å². The van der Waals surface area contributed by atoms with Crippen LogP contribution in [0.1, 0.15) is 90.9 Å². The summed E-state index contributed by atoms with van der Waals surface area (Å²) in [6, 6.07) is 6.53. The second-order valence-corrected chi connectivity index (χ2v) is 19.2. The number of amides is 3. The first-order valence-electron chi connectivity index (χ1n) is 20.6. The van der Waals surface area contributed by atoms with Gasteiger partial charge in [0.15, 0.2) is 10.9 Å². The molecule has 4 aliphatic rings. The molecule has 2 aromatic heterocycles. The minimum Gasteiger partial charge on any atom is -0.497 e. The van der Waals surface area contributed by atoms with E-state index in [0.717, 1.165) is 49.9 Å². The lowest BCUT2D eigenvalue weighted by Crippen LogP contribution is -2.54. The molecule has 15 nitrogen and oxygen atoms in total. The molecule has 1 aromatic carbocycles. The van der Waals surface area contributed by atoms with Crippen molar-refractivity contribution in [2.24, 2.45) is 17.8 Å². The van der Waals surface area contributed by atoms with Gasteiger partial charge in [0.1, 0.15) is 34.9 Å². The van der Waals surface area contributed by atoms with Crippen molar-refractivity contribution in [2.75, 3.05) is 18.7 Å². The van der Waals surface area contributed by atoms with E-state index < -0.39 is 63.4 Å². The molecule has 0 spiro atoms. The molecule has 318 valence electrons. The van der Waals surface area contributed by atoms with E-state index >= 15 is 0 Å². The van der Waals surface area contributed by atoms with Gasteiger partial charge in [-0.1, -0.05) is 25.0 Å². The van der Waals surface area contributed by atoms with Crippen LogP contribution < -0.4 is 30.1 Å². The number of allylic oxidation sites excluding steroid dienone is 1. The highest BCUT2D eigenvalue weighted by atomic mass is 32.2. The van der Waals surface area contributed by atoms with Crippen molar-refractivity contribution in [1.82, 2.24) is 25.3 Å². The van der Waals surface area contributed by atoms with Gasteiger partial charge in [-0.15, -0.1) is 11.3 Å². The summed E-state index contributed by atoms with van der Waals surface area (Å²) in [5.41, 5.74) is 0.299. The number of hydrogen-bond donors (Lipinski definition) is 4. The number of Topliss-reactive ketones (excluding diaryl/α,β-unsaturated/α-hetero) is 1. The number of fused-ring (bicyclic) bond motifs is 3. The largest absolute Gasteiger partial charge is 0.497 e. The Balaban J connectivity index is 1.22. The summed E-state index contributed by atoms with van der Waals surface area (Å²) in [5, 5.41) is 12.4. The molecule has 4 N–H and O–H groups in total. The van der Waals surface area contributed by atoms with E-state index in [2.05, 4.69) is 20.7 Å². The zero-order valence-corrected chi connectivity index (χ0v) is 35.6. The second kappa shape index (κ2) is 17.8. The minimum atomic E-state index is -3.94. The highest BCUT2D eigenvalue weighted by molar-refractivity contribution is 7.89. The molecule has 0 saturated heterocycles. The molecule has 3 amide bonds. The van der Waals surface area contributed by atoms with Gasteiger partial charge in [0.25, 0.3) is 5.91 Å². The quantitative estimate of drug-likeness (QED) is 0.173. The van der Waals surface area contributed by atoms with Gasteiger partial charge in [0.05, 0.1) is 36.5 Å². The maximum Gasteiger partial charge on any atom is 0.407 e. The normalized spacial score (nSPS) is 26.6. The maximum absolute atomic E-state index is 14.8. The third kappa shape index (κ3) is 10.2. The smallest absolute Gasteiger partial charge is 0.407 e. The second-order valence-electron chi connectivity index (χ2n) is 16.6. The number of methoxy groups -OCH3 is 1. The highest BCUT2D eigenvalue weighted by Crippen LogP contribution is 2.47. The van der Waals surface area contributed by atoms with Crippen LogP contribution in [0.25, 0.3) is 22.3 Å². The molecule has 0 radical (unpaired) electrons. The molecule has 0 bridgehead atoms. The summed E-state index contributed by atoms with van der Waals surface area (Å²) < 4.78 is 44.5. The van der Waals surface area contributed by atoms with Crippen LogP contribution in [0.4, 0.5) is 9.93 Å². The Morgan fingerprint density at radius 1 is 0.966 bits per heavy atom. The minimum absolute atomic E-state index is 0.111. The summed E-state index contributed by atoms with van der Waals surface area (Å²) in [6.07, 6.45) is 10.5. The molecule has 6 atom stereocenters. The Kier molecular flexibility index (Phi) is 12.8. The van der Waals surface area contributed by atoms with Crippen molar-refractivity contribution in [3.05, 3.63) is 41.8 Å². The van der Waals surface area contributed by atoms with Crippen molar-refractivity contribution in [3.63, 3.8) is 0 Å². The van der Waals surface area contributed by atoms with Gasteiger partial charge >= 0.3 is 6.09 Å². The molecule has 3 fully saturated rings. The lowest BCUT2D eigenvalue weighted by Gasteiger charge is -2.26. The number of benzene rings is 1. The van der Waals surface area contributed by atoms with E-state index in [1.54, 1.807) is 25.3 Å². The van der Waals surface area contributed by atoms with Crippen LogP contribution in [0, 0.1) is 17.8 Å². The van der Waals surface area contributed by atoms with Crippen molar-refractivity contribution >= 4 is 61.1 Å². The number of thiazole rings is 1. The summed E-state index contributed by atoms with van der Waals surface area (Å²) >= 11 is 1.46.